The van der Waals surface area contributed by atoms with E-state index in [4.69, 9.17) is 9.15 Å². The Balaban J connectivity index is 1.30. The number of para-hydroxylation sites is 1. The van der Waals surface area contributed by atoms with E-state index in [0.717, 1.165) is 35.3 Å². The predicted molar refractivity (Wildman–Crippen MR) is 118 cm³/mol. The average Bonchev–Trinajstić information content (AvgIpc) is 3.46. The number of nitrogens with zero attached hydrogens (tertiary/aromatic N) is 2. The zero-order valence-corrected chi connectivity index (χ0v) is 17.8. The van der Waals surface area contributed by atoms with Gasteiger partial charge in [0.1, 0.15) is 23.0 Å². The Bertz CT molecular complexity index is 1260. The number of likely N-dealkylation sites (tertiary alicyclic amines) is 1. The molecule has 1 aliphatic heterocycles. The summed E-state index contributed by atoms with van der Waals surface area (Å²) in [5.74, 6) is 1.87. The number of piperidine rings is 1. The van der Waals surface area contributed by atoms with Crippen molar-refractivity contribution in [3.8, 4) is 5.75 Å². The predicted octanol–water partition coefficient (Wildman–Crippen LogP) is 4.91. The summed E-state index contributed by atoms with van der Waals surface area (Å²) in [5.41, 5.74) is 2.12. The topological polar surface area (TPSA) is 71.4 Å². The first kappa shape index (κ1) is 20.3. The Kier molecular flexibility index (Phi) is 5.39. The normalized spacial score (nSPS) is 16.4. The van der Waals surface area contributed by atoms with E-state index in [9.17, 15) is 9.18 Å². The second-order valence-electron chi connectivity index (χ2n) is 8.16. The maximum Gasteiger partial charge on any atom is 0.270 e. The Morgan fingerprint density at radius 2 is 2.16 bits per heavy atom. The monoisotopic (exact) mass is 433 g/mol. The number of halogens is 1. The Labute approximate surface area is 185 Å². The van der Waals surface area contributed by atoms with Crippen LogP contribution in [0.2, 0.25) is 0 Å². The van der Waals surface area contributed by atoms with Crippen LogP contribution in [-0.4, -0.2) is 41.0 Å². The molecule has 2 aromatic carbocycles. The SMILES string of the molecule is COc1ccccc1Cc1cnc([C@@H]2CCCN(C(=O)c3cc4ccc(F)cc4[nH]3)C2)o1. The first-order valence-corrected chi connectivity index (χ1v) is 10.7. The fourth-order valence-electron chi connectivity index (χ4n) is 4.38. The third-order valence-corrected chi connectivity index (χ3v) is 6.00. The van der Waals surface area contributed by atoms with Crippen molar-refractivity contribution in [2.24, 2.45) is 0 Å². The minimum absolute atomic E-state index is 0.0425. The quantitative estimate of drug-likeness (QED) is 0.485. The van der Waals surface area contributed by atoms with Gasteiger partial charge in [0.15, 0.2) is 5.89 Å². The molecule has 5 rings (SSSR count). The molecule has 1 aliphatic rings. The fraction of sp³-hybridized carbons (Fsp3) is 0.280. The molecule has 3 heterocycles. The lowest BCUT2D eigenvalue weighted by Crippen LogP contribution is -2.39. The number of amides is 1. The van der Waals surface area contributed by atoms with Crippen molar-refractivity contribution >= 4 is 16.8 Å². The van der Waals surface area contributed by atoms with Crippen molar-refractivity contribution in [3.63, 3.8) is 0 Å². The highest BCUT2D eigenvalue weighted by Crippen LogP contribution is 2.29. The summed E-state index contributed by atoms with van der Waals surface area (Å²) in [6.07, 6.45) is 4.14. The molecular formula is C25H24FN3O3. The van der Waals surface area contributed by atoms with Crippen molar-refractivity contribution in [2.75, 3.05) is 20.2 Å². The van der Waals surface area contributed by atoms with Crippen LogP contribution >= 0.6 is 0 Å². The number of rotatable bonds is 5. The Hall–Kier alpha value is -3.61. The number of ether oxygens (including phenoxy) is 1. The Morgan fingerprint density at radius 3 is 3.03 bits per heavy atom. The smallest absolute Gasteiger partial charge is 0.270 e. The molecule has 164 valence electrons. The van der Waals surface area contributed by atoms with Gasteiger partial charge in [0.25, 0.3) is 5.91 Å². The van der Waals surface area contributed by atoms with Crippen LogP contribution in [0.5, 0.6) is 5.75 Å². The van der Waals surface area contributed by atoms with E-state index < -0.39 is 0 Å². The number of nitrogens with one attached hydrogen (secondary N) is 1. The molecule has 7 heteroatoms. The van der Waals surface area contributed by atoms with E-state index in [1.165, 1.54) is 12.1 Å². The van der Waals surface area contributed by atoms with Crippen LogP contribution in [0.1, 0.15) is 46.5 Å². The molecule has 1 fully saturated rings. The molecule has 1 atom stereocenters. The van der Waals surface area contributed by atoms with Gasteiger partial charge in [-0.2, -0.15) is 0 Å². The van der Waals surface area contributed by atoms with E-state index in [-0.39, 0.29) is 17.6 Å². The van der Waals surface area contributed by atoms with E-state index in [0.29, 0.717) is 36.6 Å². The van der Waals surface area contributed by atoms with Gasteiger partial charge in [-0.15, -0.1) is 0 Å². The number of fused-ring (bicyclic) bond motifs is 1. The number of aromatic nitrogens is 2. The van der Waals surface area contributed by atoms with Gasteiger partial charge in [0.2, 0.25) is 0 Å². The van der Waals surface area contributed by atoms with Gasteiger partial charge in [-0.25, -0.2) is 9.37 Å². The number of carbonyl (C=O) groups excluding carboxylic acids is 1. The molecule has 2 aromatic heterocycles. The summed E-state index contributed by atoms with van der Waals surface area (Å²) in [4.78, 5) is 22.5. The molecule has 0 aliphatic carbocycles. The number of hydrogen-bond acceptors (Lipinski definition) is 4. The van der Waals surface area contributed by atoms with Gasteiger partial charge in [-0.05, 0) is 43.2 Å². The minimum Gasteiger partial charge on any atom is -0.496 e. The highest BCUT2D eigenvalue weighted by molar-refractivity contribution is 5.98. The lowest BCUT2D eigenvalue weighted by molar-refractivity contribution is 0.0693. The molecule has 1 saturated heterocycles. The zero-order valence-electron chi connectivity index (χ0n) is 17.8. The molecule has 1 amide bonds. The number of H-pyrrole nitrogens is 1. The molecule has 6 nitrogen and oxygen atoms in total. The van der Waals surface area contributed by atoms with Crippen LogP contribution in [0, 0.1) is 5.82 Å². The van der Waals surface area contributed by atoms with Crippen molar-refractivity contribution < 1.29 is 18.3 Å². The first-order chi connectivity index (χ1) is 15.6. The summed E-state index contributed by atoms with van der Waals surface area (Å²) >= 11 is 0. The van der Waals surface area contributed by atoms with E-state index in [1.807, 2.05) is 29.2 Å². The second kappa shape index (κ2) is 8.49. The van der Waals surface area contributed by atoms with Crippen LogP contribution in [0.4, 0.5) is 4.39 Å². The Morgan fingerprint density at radius 1 is 1.28 bits per heavy atom. The van der Waals surface area contributed by atoms with E-state index in [2.05, 4.69) is 9.97 Å². The largest absolute Gasteiger partial charge is 0.496 e. The van der Waals surface area contributed by atoms with Gasteiger partial charge in [0, 0.05) is 36.0 Å². The standard InChI is InChI=1S/C25H24FN3O3/c1-31-23-7-3-2-5-17(23)11-20-14-27-24(32-20)18-6-4-10-29(15-18)25(30)22-12-16-8-9-19(26)13-21(16)28-22/h2-3,5,7-9,12-14,18,28H,4,6,10-11,15H2,1H3/t18-/m1/s1. The molecule has 0 spiro atoms. The van der Waals surface area contributed by atoms with E-state index >= 15 is 0 Å². The second-order valence-corrected chi connectivity index (χ2v) is 8.16. The third-order valence-electron chi connectivity index (χ3n) is 6.00. The van der Waals surface area contributed by atoms with Gasteiger partial charge >= 0.3 is 0 Å². The van der Waals surface area contributed by atoms with Crippen LogP contribution in [0.25, 0.3) is 10.9 Å². The summed E-state index contributed by atoms with van der Waals surface area (Å²) < 4.78 is 25.0. The molecule has 0 unspecified atom stereocenters. The fourth-order valence-corrected chi connectivity index (χ4v) is 4.38. The van der Waals surface area contributed by atoms with Crippen molar-refractivity contribution in [1.29, 1.82) is 0 Å². The first-order valence-electron chi connectivity index (χ1n) is 10.7. The van der Waals surface area contributed by atoms with Crippen molar-refractivity contribution in [2.45, 2.75) is 25.2 Å². The van der Waals surface area contributed by atoms with Gasteiger partial charge in [-0.1, -0.05) is 18.2 Å². The minimum atomic E-state index is -0.329. The summed E-state index contributed by atoms with van der Waals surface area (Å²) in [7, 11) is 1.65. The van der Waals surface area contributed by atoms with Crippen LogP contribution in [-0.2, 0) is 6.42 Å². The number of hydrogen-bond donors (Lipinski definition) is 1. The van der Waals surface area contributed by atoms with E-state index in [1.54, 1.807) is 25.4 Å². The van der Waals surface area contributed by atoms with Crippen molar-refractivity contribution in [3.05, 3.63) is 83.5 Å². The summed E-state index contributed by atoms with van der Waals surface area (Å²) in [6, 6.07) is 14.1. The molecule has 32 heavy (non-hydrogen) atoms. The average molecular weight is 433 g/mol. The molecule has 0 bridgehead atoms. The van der Waals surface area contributed by atoms with Gasteiger partial charge < -0.3 is 19.0 Å². The number of oxazole rings is 1. The maximum absolute atomic E-state index is 13.5. The molecular weight excluding hydrogens is 409 g/mol. The highest BCUT2D eigenvalue weighted by Gasteiger charge is 2.29. The lowest BCUT2D eigenvalue weighted by Gasteiger charge is -2.31. The summed E-state index contributed by atoms with van der Waals surface area (Å²) in [5, 5.41) is 0.817. The van der Waals surface area contributed by atoms with Crippen molar-refractivity contribution in [1.82, 2.24) is 14.9 Å². The molecule has 1 N–H and O–H groups in total. The zero-order chi connectivity index (χ0) is 22.1. The summed E-state index contributed by atoms with van der Waals surface area (Å²) in [6.45, 7) is 1.21. The maximum atomic E-state index is 13.5. The van der Waals surface area contributed by atoms with Gasteiger partial charge in [-0.3, -0.25) is 4.79 Å². The molecule has 0 saturated carbocycles. The molecule has 4 aromatic rings. The number of aromatic amines is 1. The number of benzene rings is 2. The molecule has 0 radical (unpaired) electrons. The number of carbonyl (C=O) groups is 1. The van der Waals surface area contributed by atoms with Crippen LogP contribution in [0.15, 0.2) is 59.1 Å². The van der Waals surface area contributed by atoms with Gasteiger partial charge in [0.05, 0.1) is 19.2 Å². The van der Waals surface area contributed by atoms with Crippen LogP contribution in [0.3, 0.4) is 0 Å². The highest BCUT2D eigenvalue weighted by atomic mass is 19.1. The third kappa shape index (κ3) is 3.98. The number of methoxy groups -OCH3 is 1. The van der Waals surface area contributed by atoms with Crippen LogP contribution < -0.4 is 4.74 Å². The lowest BCUT2D eigenvalue weighted by atomic mass is 9.97.